The van der Waals surface area contributed by atoms with E-state index < -0.39 is 0 Å². The molecular weight excluding hydrogens is 236 g/mol. The van der Waals surface area contributed by atoms with Crippen molar-refractivity contribution < 1.29 is 0 Å². The van der Waals surface area contributed by atoms with Gasteiger partial charge in [0.2, 0.25) is 0 Å². The summed E-state index contributed by atoms with van der Waals surface area (Å²) in [6.07, 6.45) is 3.16. The Morgan fingerprint density at radius 2 is 2.11 bits per heavy atom. The summed E-state index contributed by atoms with van der Waals surface area (Å²) in [6, 6.07) is 8.02. The molecule has 4 nitrogen and oxygen atoms in total. The highest BCUT2D eigenvalue weighted by atomic mass is 15.2. The lowest BCUT2D eigenvalue weighted by molar-refractivity contribution is 0.395. The molecule has 1 fully saturated rings. The van der Waals surface area contributed by atoms with Crippen LogP contribution in [-0.4, -0.2) is 48.6 Å². The van der Waals surface area contributed by atoms with Crippen LogP contribution in [0.15, 0.2) is 30.5 Å². The maximum Gasteiger partial charge on any atom is 0.147 e. The number of anilines is 1. The van der Waals surface area contributed by atoms with Crippen molar-refractivity contribution in [3.8, 4) is 0 Å². The minimum Gasteiger partial charge on any atom is -0.358 e. The van der Waals surface area contributed by atoms with Crippen LogP contribution < -0.4 is 4.90 Å². The molecule has 100 valence electrons. The van der Waals surface area contributed by atoms with Gasteiger partial charge in [-0.15, -0.1) is 0 Å². The quantitative estimate of drug-likeness (QED) is 0.841. The molecule has 19 heavy (non-hydrogen) atoms. The van der Waals surface area contributed by atoms with E-state index in [1.165, 1.54) is 19.5 Å². The second kappa shape index (κ2) is 5.13. The summed E-state index contributed by atoms with van der Waals surface area (Å²) >= 11 is 0. The second-order valence-electron chi connectivity index (χ2n) is 5.51. The molecule has 0 radical (unpaired) electrons. The summed E-state index contributed by atoms with van der Waals surface area (Å²) < 4.78 is 0. The number of rotatable bonds is 3. The molecule has 2 aromatic rings. The first kappa shape index (κ1) is 12.4. The molecule has 1 saturated heterocycles. The molecule has 1 aromatic carbocycles. The van der Waals surface area contributed by atoms with E-state index in [4.69, 9.17) is 0 Å². The van der Waals surface area contributed by atoms with E-state index in [9.17, 15) is 0 Å². The van der Waals surface area contributed by atoms with Crippen LogP contribution in [0.4, 0.5) is 5.82 Å². The molecule has 2 heterocycles. The minimum absolute atomic E-state index is 0.739. The number of para-hydroxylation sites is 2. The summed E-state index contributed by atoms with van der Waals surface area (Å²) in [5.41, 5.74) is 1.93. The topological polar surface area (TPSA) is 32.3 Å². The van der Waals surface area contributed by atoms with Gasteiger partial charge in [-0.3, -0.25) is 4.98 Å². The van der Waals surface area contributed by atoms with E-state index in [0.29, 0.717) is 0 Å². The van der Waals surface area contributed by atoms with Crippen LogP contribution in [-0.2, 0) is 0 Å². The highest BCUT2D eigenvalue weighted by molar-refractivity contribution is 5.75. The molecule has 1 aliphatic heterocycles. The molecule has 3 rings (SSSR count). The van der Waals surface area contributed by atoms with Gasteiger partial charge >= 0.3 is 0 Å². The lowest BCUT2D eigenvalue weighted by atomic mass is 10.1. The molecular formula is C15H20N4. The first-order valence-electron chi connectivity index (χ1n) is 6.84. The Morgan fingerprint density at radius 3 is 2.84 bits per heavy atom. The number of hydrogen-bond donors (Lipinski definition) is 0. The Hall–Kier alpha value is -1.68. The van der Waals surface area contributed by atoms with E-state index >= 15 is 0 Å². The zero-order valence-electron chi connectivity index (χ0n) is 11.6. The monoisotopic (exact) mass is 256 g/mol. The summed E-state index contributed by atoms with van der Waals surface area (Å²) in [6.45, 7) is 3.45. The molecule has 0 aliphatic carbocycles. The van der Waals surface area contributed by atoms with Crippen molar-refractivity contribution in [3.05, 3.63) is 30.5 Å². The summed E-state index contributed by atoms with van der Waals surface area (Å²) in [4.78, 5) is 13.8. The largest absolute Gasteiger partial charge is 0.358 e. The van der Waals surface area contributed by atoms with Gasteiger partial charge < -0.3 is 9.80 Å². The van der Waals surface area contributed by atoms with Crippen LogP contribution in [0.1, 0.15) is 6.42 Å². The fourth-order valence-electron chi connectivity index (χ4n) is 2.79. The smallest absolute Gasteiger partial charge is 0.147 e. The molecule has 1 atom stereocenters. The number of fused-ring (bicyclic) bond motifs is 1. The number of likely N-dealkylation sites (tertiary alicyclic amines) is 1. The lowest BCUT2D eigenvalue weighted by Gasteiger charge is -2.22. The van der Waals surface area contributed by atoms with Crippen LogP contribution in [0.3, 0.4) is 0 Å². The van der Waals surface area contributed by atoms with E-state index in [1.54, 1.807) is 0 Å². The minimum atomic E-state index is 0.739. The van der Waals surface area contributed by atoms with Gasteiger partial charge in [-0.1, -0.05) is 12.1 Å². The highest BCUT2D eigenvalue weighted by Crippen LogP contribution is 2.19. The Balaban J connectivity index is 1.75. The number of nitrogens with zero attached hydrogens (tertiary/aromatic N) is 4. The van der Waals surface area contributed by atoms with Gasteiger partial charge in [0.1, 0.15) is 5.82 Å². The second-order valence-corrected chi connectivity index (χ2v) is 5.51. The Kier molecular flexibility index (Phi) is 3.34. The van der Waals surface area contributed by atoms with Gasteiger partial charge in [-0.25, -0.2) is 4.98 Å². The molecule has 1 aliphatic rings. The average Bonchev–Trinajstić information content (AvgIpc) is 2.83. The molecule has 0 bridgehead atoms. The normalized spacial score (nSPS) is 20.0. The molecule has 1 unspecified atom stereocenters. The van der Waals surface area contributed by atoms with Crippen molar-refractivity contribution in [2.45, 2.75) is 6.42 Å². The van der Waals surface area contributed by atoms with E-state index in [-0.39, 0.29) is 0 Å². The molecule has 4 heteroatoms. The Bertz CT molecular complexity index is 569. The van der Waals surface area contributed by atoms with Crippen molar-refractivity contribution in [2.24, 2.45) is 5.92 Å². The highest BCUT2D eigenvalue weighted by Gasteiger charge is 2.21. The van der Waals surface area contributed by atoms with Gasteiger partial charge in [0.15, 0.2) is 0 Å². The summed E-state index contributed by atoms with van der Waals surface area (Å²) in [5, 5.41) is 0. The molecule has 0 saturated carbocycles. The number of benzene rings is 1. The standard InChI is InChI=1S/C15H20N4/c1-18-8-7-12(10-18)11-19(2)15-9-16-13-5-3-4-6-14(13)17-15/h3-6,9,12H,7-8,10-11H2,1-2H3. The molecule has 1 aromatic heterocycles. The Morgan fingerprint density at radius 1 is 1.32 bits per heavy atom. The van der Waals surface area contributed by atoms with E-state index in [1.807, 2.05) is 30.5 Å². The van der Waals surface area contributed by atoms with Crippen LogP contribution in [0, 0.1) is 5.92 Å². The maximum absolute atomic E-state index is 4.69. The average molecular weight is 256 g/mol. The van der Waals surface area contributed by atoms with Gasteiger partial charge in [-0.2, -0.15) is 0 Å². The third kappa shape index (κ3) is 2.68. The van der Waals surface area contributed by atoms with Crippen molar-refractivity contribution in [1.82, 2.24) is 14.9 Å². The SMILES string of the molecule is CN1CCC(CN(C)c2cnc3ccccc3n2)C1. The summed E-state index contributed by atoms with van der Waals surface area (Å²) in [5.74, 6) is 1.71. The van der Waals surface area contributed by atoms with Crippen molar-refractivity contribution in [2.75, 3.05) is 38.6 Å². The maximum atomic E-state index is 4.69. The van der Waals surface area contributed by atoms with Gasteiger partial charge in [0, 0.05) is 20.1 Å². The number of hydrogen-bond acceptors (Lipinski definition) is 4. The third-order valence-corrected chi connectivity index (χ3v) is 3.85. The molecule has 0 spiro atoms. The molecule has 0 N–H and O–H groups in total. The molecule has 0 amide bonds. The van der Waals surface area contributed by atoms with Crippen LogP contribution >= 0.6 is 0 Å². The summed E-state index contributed by atoms with van der Waals surface area (Å²) in [7, 11) is 4.30. The third-order valence-electron chi connectivity index (χ3n) is 3.85. The Labute approximate surface area is 114 Å². The fraction of sp³-hybridized carbons (Fsp3) is 0.467. The van der Waals surface area contributed by atoms with Crippen molar-refractivity contribution >= 4 is 16.9 Å². The zero-order chi connectivity index (χ0) is 13.2. The first-order chi connectivity index (χ1) is 9.22. The van der Waals surface area contributed by atoms with Gasteiger partial charge in [-0.05, 0) is 38.1 Å². The van der Waals surface area contributed by atoms with E-state index in [2.05, 4.69) is 33.9 Å². The predicted molar refractivity (Wildman–Crippen MR) is 78.4 cm³/mol. The van der Waals surface area contributed by atoms with Crippen LogP contribution in [0.5, 0.6) is 0 Å². The van der Waals surface area contributed by atoms with E-state index in [0.717, 1.165) is 29.3 Å². The predicted octanol–water partition coefficient (Wildman–Crippen LogP) is 2.02. The van der Waals surface area contributed by atoms with Crippen molar-refractivity contribution in [3.63, 3.8) is 0 Å². The fourth-order valence-corrected chi connectivity index (χ4v) is 2.79. The van der Waals surface area contributed by atoms with Gasteiger partial charge in [0.05, 0.1) is 17.2 Å². The first-order valence-corrected chi connectivity index (χ1v) is 6.84. The van der Waals surface area contributed by atoms with Gasteiger partial charge in [0.25, 0.3) is 0 Å². The van der Waals surface area contributed by atoms with Crippen LogP contribution in [0.2, 0.25) is 0 Å². The zero-order valence-corrected chi connectivity index (χ0v) is 11.6. The van der Waals surface area contributed by atoms with Crippen LogP contribution in [0.25, 0.3) is 11.0 Å². The number of aromatic nitrogens is 2. The van der Waals surface area contributed by atoms with Crippen molar-refractivity contribution in [1.29, 1.82) is 0 Å². The lowest BCUT2D eigenvalue weighted by Crippen LogP contribution is -2.27.